The molecule has 72 valence electrons. The van der Waals surface area contributed by atoms with Crippen LogP contribution in [0.1, 0.15) is 33.1 Å². The first-order valence-electron chi connectivity index (χ1n) is 4.46. The lowest BCUT2D eigenvalue weighted by Crippen LogP contribution is -2.36. The molecule has 0 radical (unpaired) electrons. The highest BCUT2D eigenvalue weighted by molar-refractivity contribution is 5.49. The Balaban J connectivity index is 0.000000243. The van der Waals surface area contributed by atoms with Gasteiger partial charge < -0.3 is 5.32 Å². The number of amides is 1. The molecule has 13 heavy (non-hydrogen) atoms. The van der Waals surface area contributed by atoms with Gasteiger partial charge >= 0.3 is 0 Å². The van der Waals surface area contributed by atoms with Crippen molar-refractivity contribution in [2.24, 2.45) is 0 Å². The topological polar surface area (TPSA) is 29.1 Å². The molecule has 1 N–H and O–H groups in total. The third-order valence-corrected chi connectivity index (χ3v) is 1.69. The zero-order valence-corrected chi connectivity index (χ0v) is 8.34. The minimum Gasteiger partial charge on any atom is -0.343 e. The van der Waals surface area contributed by atoms with E-state index in [1.807, 2.05) is 0 Å². The van der Waals surface area contributed by atoms with E-state index in [0.717, 1.165) is 0 Å². The molecule has 0 bridgehead atoms. The molecule has 1 aliphatic rings. The fourth-order valence-electron chi connectivity index (χ4n) is 0.778. The van der Waals surface area contributed by atoms with Crippen molar-refractivity contribution in [2.45, 2.75) is 38.6 Å². The molecule has 0 atom stereocenters. The van der Waals surface area contributed by atoms with Crippen LogP contribution in [0.3, 0.4) is 0 Å². The summed E-state index contributed by atoms with van der Waals surface area (Å²) in [4.78, 5) is 9.77. The molecular formula is C11H17NO. The van der Waals surface area contributed by atoms with Gasteiger partial charge in [0.15, 0.2) is 0 Å². The molecule has 0 aromatic carbocycles. The minimum absolute atomic E-state index is 0.498. The molecule has 0 unspecified atom stereocenters. The fourth-order valence-corrected chi connectivity index (χ4v) is 0.778. The van der Waals surface area contributed by atoms with E-state index in [1.54, 1.807) is 13.8 Å². The number of nitrogens with one attached hydrogen (secondary N) is 1. The molecular weight excluding hydrogens is 162 g/mol. The zero-order valence-electron chi connectivity index (χ0n) is 8.34. The maximum atomic E-state index is 9.77. The van der Waals surface area contributed by atoms with E-state index >= 15 is 0 Å². The number of rotatable bonds is 2. The molecule has 0 heterocycles. The summed E-state index contributed by atoms with van der Waals surface area (Å²) >= 11 is 0. The molecule has 2 heteroatoms. The molecule has 1 aliphatic carbocycles. The highest BCUT2D eigenvalue weighted by atomic mass is 16.1. The van der Waals surface area contributed by atoms with Gasteiger partial charge in [-0.1, -0.05) is 18.1 Å². The first kappa shape index (κ1) is 11.8. The molecule has 0 aromatic heterocycles. The van der Waals surface area contributed by atoms with Crippen molar-refractivity contribution in [1.29, 1.82) is 0 Å². The smallest absolute Gasteiger partial charge is 0.208 e. The maximum absolute atomic E-state index is 9.77. The van der Waals surface area contributed by atoms with Crippen LogP contribution in [0.5, 0.6) is 0 Å². The highest BCUT2D eigenvalue weighted by Crippen LogP contribution is 2.05. The number of carbonyl (C=O) groups excluding carboxylic acids is 1. The number of terminal acetylenes is 1. The summed E-state index contributed by atoms with van der Waals surface area (Å²) in [6, 6.07) is 0. The van der Waals surface area contributed by atoms with E-state index in [1.165, 1.54) is 19.3 Å². The molecule has 2 nitrogen and oxygen atoms in total. The number of allylic oxidation sites excluding steroid dienone is 2. The Morgan fingerprint density at radius 1 is 1.46 bits per heavy atom. The lowest BCUT2D eigenvalue weighted by molar-refractivity contribution is -0.110. The standard InChI is InChI=1S/C6H9NO.C5H8/c1-4-6(2,3)7-5-8;1-2-4-5-3-1/h1,5H,2-3H3,(H,7,8);1-2H,3-5H2. The Hall–Kier alpha value is -1.23. The van der Waals surface area contributed by atoms with Crippen molar-refractivity contribution in [3.63, 3.8) is 0 Å². The van der Waals surface area contributed by atoms with Gasteiger partial charge in [-0.15, -0.1) is 6.42 Å². The molecule has 1 amide bonds. The van der Waals surface area contributed by atoms with E-state index in [-0.39, 0.29) is 0 Å². The molecule has 0 saturated carbocycles. The summed E-state index contributed by atoms with van der Waals surface area (Å²) in [6.45, 7) is 3.50. The number of carbonyl (C=O) groups is 1. The van der Waals surface area contributed by atoms with Gasteiger partial charge in [0.2, 0.25) is 6.41 Å². The van der Waals surface area contributed by atoms with Crippen molar-refractivity contribution in [2.75, 3.05) is 0 Å². The second-order valence-corrected chi connectivity index (χ2v) is 3.43. The molecule has 0 aliphatic heterocycles. The van der Waals surface area contributed by atoms with Crippen LogP contribution in [0, 0.1) is 12.3 Å². The Kier molecular flexibility index (Phi) is 5.71. The molecule has 0 saturated heterocycles. The lowest BCUT2D eigenvalue weighted by Gasteiger charge is -2.14. The van der Waals surface area contributed by atoms with Gasteiger partial charge in [-0.3, -0.25) is 4.79 Å². The predicted octanol–water partition coefficient (Wildman–Crippen LogP) is 1.87. The van der Waals surface area contributed by atoms with Gasteiger partial charge in [-0.25, -0.2) is 0 Å². The normalized spacial score (nSPS) is 13.9. The molecule has 0 fully saturated rings. The zero-order chi connectivity index (χ0) is 10.2. The average molecular weight is 179 g/mol. The van der Waals surface area contributed by atoms with Crippen molar-refractivity contribution < 1.29 is 4.79 Å². The summed E-state index contributed by atoms with van der Waals surface area (Å²) < 4.78 is 0. The molecule has 0 spiro atoms. The fraction of sp³-hybridized carbons (Fsp3) is 0.545. The van der Waals surface area contributed by atoms with E-state index < -0.39 is 5.54 Å². The summed E-state index contributed by atoms with van der Waals surface area (Å²) in [5.74, 6) is 2.40. The van der Waals surface area contributed by atoms with E-state index in [2.05, 4.69) is 23.4 Å². The van der Waals surface area contributed by atoms with E-state index in [0.29, 0.717) is 6.41 Å². The van der Waals surface area contributed by atoms with Crippen molar-refractivity contribution in [3.05, 3.63) is 12.2 Å². The summed E-state index contributed by atoms with van der Waals surface area (Å²) in [5.41, 5.74) is -0.498. The van der Waals surface area contributed by atoms with E-state index in [9.17, 15) is 4.79 Å². The third-order valence-electron chi connectivity index (χ3n) is 1.69. The molecule has 1 rings (SSSR count). The van der Waals surface area contributed by atoms with Gasteiger partial charge in [-0.2, -0.15) is 0 Å². The Bertz CT molecular complexity index is 205. The minimum atomic E-state index is -0.498. The molecule has 0 aromatic rings. The SMILES string of the molecule is C#CC(C)(C)NC=O.C1=CCCC1. The van der Waals surface area contributed by atoms with Gasteiger partial charge in [-0.05, 0) is 33.1 Å². The Morgan fingerprint density at radius 3 is 2.15 bits per heavy atom. The lowest BCUT2D eigenvalue weighted by atomic mass is 10.1. The summed E-state index contributed by atoms with van der Waals surface area (Å²) in [6.07, 6.45) is 14.1. The first-order chi connectivity index (χ1) is 6.12. The van der Waals surface area contributed by atoms with Crippen molar-refractivity contribution in [3.8, 4) is 12.3 Å². The largest absolute Gasteiger partial charge is 0.343 e. The second-order valence-electron chi connectivity index (χ2n) is 3.43. The van der Waals surface area contributed by atoms with E-state index in [4.69, 9.17) is 6.42 Å². The highest BCUT2D eigenvalue weighted by Gasteiger charge is 2.09. The van der Waals surface area contributed by atoms with Crippen LogP contribution in [0.25, 0.3) is 0 Å². The number of hydrogen-bond acceptors (Lipinski definition) is 1. The van der Waals surface area contributed by atoms with Crippen molar-refractivity contribution >= 4 is 6.41 Å². The summed E-state index contributed by atoms with van der Waals surface area (Å²) in [5, 5.41) is 2.45. The Labute approximate surface area is 80.4 Å². The van der Waals surface area contributed by atoms with Crippen LogP contribution >= 0.6 is 0 Å². The van der Waals surface area contributed by atoms with Gasteiger partial charge in [0.05, 0.1) is 5.54 Å². The monoisotopic (exact) mass is 179 g/mol. The van der Waals surface area contributed by atoms with Crippen LogP contribution in [0.4, 0.5) is 0 Å². The van der Waals surface area contributed by atoms with Crippen LogP contribution in [-0.2, 0) is 4.79 Å². The first-order valence-corrected chi connectivity index (χ1v) is 4.46. The van der Waals surface area contributed by atoms with Gasteiger partial charge in [0.25, 0.3) is 0 Å². The number of hydrogen-bond donors (Lipinski definition) is 1. The quantitative estimate of drug-likeness (QED) is 0.391. The Morgan fingerprint density at radius 2 is 2.00 bits per heavy atom. The van der Waals surface area contributed by atoms with Crippen LogP contribution < -0.4 is 5.32 Å². The summed E-state index contributed by atoms with van der Waals surface area (Å²) in [7, 11) is 0. The van der Waals surface area contributed by atoms with Gasteiger partial charge in [0.1, 0.15) is 0 Å². The average Bonchev–Trinajstić information content (AvgIpc) is 2.61. The second kappa shape index (κ2) is 6.30. The maximum Gasteiger partial charge on any atom is 0.208 e. The van der Waals surface area contributed by atoms with Crippen LogP contribution in [0.15, 0.2) is 12.2 Å². The van der Waals surface area contributed by atoms with Crippen molar-refractivity contribution in [1.82, 2.24) is 5.32 Å². The van der Waals surface area contributed by atoms with Gasteiger partial charge in [0, 0.05) is 0 Å². The predicted molar refractivity (Wildman–Crippen MR) is 55.1 cm³/mol. The third kappa shape index (κ3) is 7.14. The van der Waals surface area contributed by atoms with Crippen LogP contribution in [-0.4, -0.2) is 11.9 Å². The van der Waals surface area contributed by atoms with Crippen LogP contribution in [0.2, 0.25) is 0 Å².